The van der Waals surface area contributed by atoms with E-state index in [1.165, 1.54) is 12.1 Å². The molecule has 8 nitrogen and oxygen atoms in total. The molecular weight excluding hydrogens is 346 g/mol. The molecule has 0 fully saturated rings. The highest BCUT2D eigenvalue weighted by Gasteiger charge is 2.31. The molecule has 2 unspecified atom stereocenters. The van der Waals surface area contributed by atoms with Gasteiger partial charge in [0.1, 0.15) is 5.56 Å². The number of aliphatic hydroxyl groups is 1. The first-order chi connectivity index (χ1) is 9.77. The van der Waals surface area contributed by atoms with Crippen molar-refractivity contribution in [1.29, 1.82) is 0 Å². The molecule has 2 atom stereocenters. The van der Waals surface area contributed by atoms with Crippen LogP contribution in [-0.4, -0.2) is 27.6 Å². The van der Waals surface area contributed by atoms with Gasteiger partial charge in [0, 0.05) is 29.2 Å². The Morgan fingerprint density at radius 1 is 1.29 bits per heavy atom. The summed E-state index contributed by atoms with van der Waals surface area (Å²) < 4.78 is 0.273. The van der Waals surface area contributed by atoms with Gasteiger partial charge in [0.15, 0.2) is 0 Å². The van der Waals surface area contributed by atoms with Crippen LogP contribution in [0.25, 0.3) is 0 Å². The average Bonchev–Trinajstić information content (AvgIpc) is 2.39. The lowest BCUT2D eigenvalue weighted by Crippen LogP contribution is -2.29. The molecule has 1 aromatic rings. The monoisotopic (exact) mass is 361 g/mol. The van der Waals surface area contributed by atoms with Crippen molar-refractivity contribution in [3.05, 3.63) is 42.4 Å². The highest BCUT2D eigenvalue weighted by atomic mass is 79.9. The Morgan fingerprint density at radius 3 is 2.10 bits per heavy atom. The van der Waals surface area contributed by atoms with E-state index in [1.54, 1.807) is 13.8 Å². The maximum atomic E-state index is 11.2. The van der Waals surface area contributed by atoms with E-state index in [1.807, 2.05) is 0 Å². The molecule has 0 aliphatic rings. The summed E-state index contributed by atoms with van der Waals surface area (Å²) in [6.45, 7) is 3.50. The fourth-order valence-electron chi connectivity index (χ4n) is 2.01. The van der Waals surface area contributed by atoms with Gasteiger partial charge in [-0.15, -0.1) is 0 Å². The lowest BCUT2D eigenvalue weighted by molar-refractivity contribution is -0.396. The van der Waals surface area contributed by atoms with Gasteiger partial charge in [-0.25, -0.2) is 0 Å². The van der Waals surface area contributed by atoms with Gasteiger partial charge in [0.25, 0.3) is 11.4 Å². The smallest absolute Gasteiger partial charge is 0.282 e. The predicted molar refractivity (Wildman–Crippen MR) is 80.2 cm³/mol. The summed E-state index contributed by atoms with van der Waals surface area (Å²) in [5, 5.41) is 34.6. The van der Waals surface area contributed by atoms with E-state index in [-0.39, 0.29) is 28.0 Å². The van der Waals surface area contributed by atoms with Gasteiger partial charge in [0.05, 0.1) is 16.0 Å². The zero-order chi connectivity index (χ0) is 16.2. The van der Waals surface area contributed by atoms with E-state index < -0.39 is 22.0 Å². The molecule has 9 heteroatoms. The third-order valence-electron chi connectivity index (χ3n) is 2.91. The van der Waals surface area contributed by atoms with Crippen molar-refractivity contribution in [3.63, 3.8) is 0 Å². The first-order valence-corrected chi connectivity index (χ1v) is 7.10. The van der Waals surface area contributed by atoms with Crippen molar-refractivity contribution < 1.29 is 15.0 Å². The maximum Gasteiger partial charge on any atom is 0.282 e. The third-order valence-corrected chi connectivity index (χ3v) is 3.37. The number of aliphatic hydroxyl groups excluding tert-OH is 1. The predicted octanol–water partition coefficient (Wildman–Crippen LogP) is 2.69. The van der Waals surface area contributed by atoms with Gasteiger partial charge in [-0.05, 0) is 13.3 Å². The van der Waals surface area contributed by atoms with Gasteiger partial charge in [-0.1, -0.05) is 22.9 Å². The van der Waals surface area contributed by atoms with E-state index in [9.17, 15) is 25.3 Å². The topological polar surface area (TPSA) is 119 Å². The molecule has 0 saturated heterocycles. The zero-order valence-corrected chi connectivity index (χ0v) is 13.2. The molecule has 0 aliphatic heterocycles. The molecule has 116 valence electrons. The van der Waals surface area contributed by atoms with Crippen LogP contribution in [0.15, 0.2) is 16.6 Å². The van der Waals surface area contributed by atoms with Crippen LogP contribution in [0.3, 0.4) is 0 Å². The first-order valence-electron chi connectivity index (χ1n) is 6.31. The molecular formula is C12H16BrN3O5. The lowest BCUT2D eigenvalue weighted by Gasteiger charge is -2.18. The molecule has 1 rings (SSSR count). The minimum atomic E-state index is -0.660. The number of hydrogen-bond acceptors (Lipinski definition) is 6. The standard InChI is InChI=1S/C12H16BrN3O5/c1-3-9(14-6-7(2)17)12-10(15(18)19)4-8(13)5-11(12)16(20)21/h4-5,7,9,14,17H,3,6H2,1-2H3. The van der Waals surface area contributed by atoms with Crippen LogP contribution >= 0.6 is 15.9 Å². The minimum Gasteiger partial charge on any atom is -0.392 e. The Labute approximate surface area is 129 Å². The Balaban J connectivity index is 3.40. The van der Waals surface area contributed by atoms with Crippen LogP contribution < -0.4 is 5.32 Å². The summed E-state index contributed by atoms with van der Waals surface area (Å²) in [7, 11) is 0. The van der Waals surface area contributed by atoms with Crippen LogP contribution in [0.2, 0.25) is 0 Å². The van der Waals surface area contributed by atoms with Crippen LogP contribution in [0.4, 0.5) is 11.4 Å². The lowest BCUT2D eigenvalue weighted by atomic mass is 10.00. The van der Waals surface area contributed by atoms with E-state index >= 15 is 0 Å². The fraction of sp³-hybridized carbons (Fsp3) is 0.500. The number of nitrogens with one attached hydrogen (secondary N) is 1. The van der Waals surface area contributed by atoms with E-state index in [2.05, 4.69) is 21.2 Å². The number of halogens is 1. The second-order valence-electron chi connectivity index (χ2n) is 4.59. The summed E-state index contributed by atoms with van der Waals surface area (Å²) in [5.74, 6) is 0. The van der Waals surface area contributed by atoms with Gasteiger partial charge in [-0.2, -0.15) is 0 Å². The molecule has 0 radical (unpaired) electrons. The highest BCUT2D eigenvalue weighted by Crippen LogP contribution is 2.38. The Morgan fingerprint density at radius 2 is 1.76 bits per heavy atom. The molecule has 0 amide bonds. The third kappa shape index (κ3) is 4.45. The molecule has 2 N–H and O–H groups in total. The molecule has 0 bridgehead atoms. The first kappa shape index (κ1) is 17.5. The minimum absolute atomic E-state index is 0.0244. The summed E-state index contributed by atoms with van der Waals surface area (Å²) in [5.41, 5.74) is -0.613. The van der Waals surface area contributed by atoms with Gasteiger partial charge < -0.3 is 10.4 Å². The van der Waals surface area contributed by atoms with Crippen LogP contribution in [0.1, 0.15) is 31.9 Å². The summed E-state index contributed by atoms with van der Waals surface area (Å²) in [6.07, 6.45) is -0.247. The van der Waals surface area contributed by atoms with Crippen LogP contribution in [0.5, 0.6) is 0 Å². The number of nitro benzene ring substituents is 2. The normalized spacial score (nSPS) is 13.7. The Kier molecular flexibility index (Phi) is 6.19. The second-order valence-corrected chi connectivity index (χ2v) is 5.51. The SMILES string of the molecule is CCC(NCC(C)O)c1c([N+](=O)[O-])cc(Br)cc1[N+](=O)[O-]. The van der Waals surface area contributed by atoms with Gasteiger partial charge in [0.2, 0.25) is 0 Å². The molecule has 21 heavy (non-hydrogen) atoms. The van der Waals surface area contributed by atoms with Gasteiger partial charge >= 0.3 is 0 Å². The summed E-state index contributed by atoms with van der Waals surface area (Å²) in [4.78, 5) is 21.1. The number of rotatable bonds is 7. The maximum absolute atomic E-state index is 11.2. The number of hydrogen-bond donors (Lipinski definition) is 2. The quantitative estimate of drug-likeness (QED) is 0.569. The largest absolute Gasteiger partial charge is 0.392 e. The van der Waals surface area contributed by atoms with Crippen LogP contribution in [0, 0.1) is 20.2 Å². The zero-order valence-electron chi connectivity index (χ0n) is 11.6. The molecule has 0 saturated carbocycles. The Bertz CT molecular complexity index is 515. The van der Waals surface area contributed by atoms with Crippen molar-refractivity contribution in [2.24, 2.45) is 0 Å². The summed E-state index contributed by atoms with van der Waals surface area (Å²) >= 11 is 3.05. The fourth-order valence-corrected chi connectivity index (χ4v) is 2.45. The Hall–Kier alpha value is -1.58. The van der Waals surface area contributed by atoms with Crippen molar-refractivity contribution in [3.8, 4) is 0 Å². The van der Waals surface area contributed by atoms with Crippen molar-refractivity contribution in [2.45, 2.75) is 32.4 Å². The van der Waals surface area contributed by atoms with Crippen molar-refractivity contribution in [1.82, 2.24) is 5.32 Å². The molecule has 0 aromatic heterocycles. The molecule has 0 aliphatic carbocycles. The number of benzene rings is 1. The van der Waals surface area contributed by atoms with E-state index in [0.717, 1.165) is 0 Å². The summed E-state index contributed by atoms with van der Waals surface area (Å²) in [6, 6.07) is 1.90. The number of nitro groups is 2. The average molecular weight is 362 g/mol. The van der Waals surface area contributed by atoms with Crippen LogP contribution in [-0.2, 0) is 0 Å². The van der Waals surface area contributed by atoms with Crippen molar-refractivity contribution >= 4 is 27.3 Å². The number of nitrogens with zero attached hydrogens (tertiary/aromatic N) is 2. The molecule has 0 spiro atoms. The van der Waals surface area contributed by atoms with Crippen molar-refractivity contribution in [2.75, 3.05) is 6.54 Å². The van der Waals surface area contributed by atoms with Gasteiger partial charge in [-0.3, -0.25) is 20.2 Å². The van der Waals surface area contributed by atoms with E-state index in [4.69, 9.17) is 0 Å². The highest BCUT2D eigenvalue weighted by molar-refractivity contribution is 9.10. The molecule has 0 heterocycles. The molecule has 1 aromatic carbocycles. The second kappa shape index (κ2) is 7.43. The van der Waals surface area contributed by atoms with E-state index in [0.29, 0.717) is 6.42 Å².